The monoisotopic (exact) mass is 341 g/mol. The Morgan fingerprint density at radius 3 is 2.48 bits per heavy atom. The van der Waals surface area contributed by atoms with Gasteiger partial charge in [-0.1, -0.05) is 11.6 Å². The molecule has 9 heteroatoms. The molecule has 0 spiro atoms. The number of carboxylic acid groups (broad SMARTS) is 1. The van der Waals surface area contributed by atoms with Crippen LogP contribution in [-0.4, -0.2) is 47.4 Å². The molecule has 0 aliphatic carbocycles. The number of halogens is 4. The summed E-state index contributed by atoms with van der Waals surface area (Å²) < 4.78 is 37.4. The van der Waals surface area contributed by atoms with Gasteiger partial charge in [-0.3, -0.25) is 9.59 Å². The molecular weight excluding hydrogens is 331 g/mol. The van der Waals surface area contributed by atoms with Gasteiger partial charge in [0.25, 0.3) is 5.91 Å². The number of rotatable bonds is 5. The molecule has 0 unspecified atom stereocenters. The van der Waals surface area contributed by atoms with Crippen molar-refractivity contribution in [3.05, 3.63) is 28.8 Å². The normalized spacial score (nSPS) is 11.3. The molecule has 0 fully saturated rings. The van der Waals surface area contributed by atoms with E-state index in [4.69, 9.17) is 16.7 Å². The molecule has 0 atom stereocenters. The number of hydrogen-bond acceptors (Lipinski definition) is 3. The minimum absolute atomic E-state index is 0.0321. The Kier molecular flexibility index (Phi) is 5.91. The second kappa shape index (κ2) is 7.04. The molecule has 0 aliphatic rings. The topological polar surface area (TPSA) is 57.6 Å². The lowest BCUT2D eigenvalue weighted by molar-refractivity contribution is -0.149. The minimum Gasteiger partial charge on any atom is -0.480 e. The number of amides is 1. The van der Waals surface area contributed by atoms with Gasteiger partial charge in [0.05, 0.1) is 10.6 Å². The van der Waals surface area contributed by atoms with Crippen LogP contribution in [0.3, 0.4) is 0 Å². The highest BCUT2D eigenvalue weighted by Gasteiger charge is 2.34. The van der Waals surface area contributed by atoms with Gasteiger partial charge in [0.2, 0.25) is 0 Å². The molecule has 0 radical (unpaired) electrons. The lowest BCUT2D eigenvalue weighted by Crippen LogP contribution is -2.42. The van der Waals surface area contributed by atoms with Crippen molar-refractivity contribution in [2.75, 3.05) is 19.3 Å². The minimum atomic E-state index is -4.70. The largest absolute Gasteiger partial charge is 0.480 e. The van der Waals surface area contributed by atoms with Gasteiger partial charge in [0.15, 0.2) is 0 Å². The average molecular weight is 342 g/mol. The maximum atomic E-state index is 12.5. The van der Waals surface area contributed by atoms with E-state index >= 15 is 0 Å². The second-order valence-electron chi connectivity index (χ2n) is 4.02. The van der Waals surface area contributed by atoms with Crippen molar-refractivity contribution in [1.29, 1.82) is 0 Å². The van der Waals surface area contributed by atoms with Gasteiger partial charge in [-0.05, 0) is 24.5 Å². The zero-order valence-electron chi connectivity index (χ0n) is 10.8. The van der Waals surface area contributed by atoms with E-state index in [1.165, 1.54) is 23.9 Å². The van der Waals surface area contributed by atoms with Gasteiger partial charge >= 0.3 is 12.1 Å². The summed E-state index contributed by atoms with van der Waals surface area (Å²) in [7, 11) is 0. The Balaban J connectivity index is 3.12. The van der Waals surface area contributed by atoms with Crippen molar-refractivity contribution in [3.63, 3.8) is 0 Å². The van der Waals surface area contributed by atoms with Gasteiger partial charge < -0.3 is 10.0 Å². The maximum absolute atomic E-state index is 12.5. The van der Waals surface area contributed by atoms with Crippen molar-refractivity contribution in [2.45, 2.75) is 11.1 Å². The third kappa shape index (κ3) is 5.47. The summed E-state index contributed by atoms with van der Waals surface area (Å²) in [5.41, 5.74) is -0.158. The lowest BCUT2D eigenvalue weighted by Gasteiger charge is -2.22. The first kappa shape index (κ1) is 17.6. The highest BCUT2D eigenvalue weighted by atomic mass is 35.5. The number of carboxylic acids is 1. The predicted molar refractivity (Wildman–Crippen MR) is 72.8 cm³/mol. The van der Waals surface area contributed by atoms with Crippen LogP contribution in [0.5, 0.6) is 0 Å². The Morgan fingerprint density at radius 2 is 2.00 bits per heavy atom. The van der Waals surface area contributed by atoms with Crippen LogP contribution >= 0.6 is 23.4 Å². The summed E-state index contributed by atoms with van der Waals surface area (Å²) in [6.45, 7) is -2.71. The average Bonchev–Trinajstić information content (AvgIpc) is 2.35. The number of aliphatic carboxylic acids is 1. The summed E-state index contributed by atoms with van der Waals surface area (Å²) >= 11 is 7.09. The standard InChI is InChI=1S/C12H11ClF3NO3S/c1-21-7-2-3-9(13)8(4-7)11(20)17(5-10(18)19)6-12(14,15)16/h2-4H,5-6H2,1H3,(H,18,19). The molecule has 0 bridgehead atoms. The number of benzene rings is 1. The summed E-state index contributed by atoms with van der Waals surface area (Å²) in [4.78, 5) is 23.6. The van der Waals surface area contributed by atoms with Crippen molar-refractivity contribution in [1.82, 2.24) is 4.90 Å². The number of carbonyl (C=O) groups is 2. The van der Waals surface area contributed by atoms with E-state index in [2.05, 4.69) is 0 Å². The second-order valence-corrected chi connectivity index (χ2v) is 5.30. The number of alkyl halides is 3. The number of carbonyl (C=O) groups excluding carboxylic acids is 1. The molecule has 1 aromatic carbocycles. The quantitative estimate of drug-likeness (QED) is 0.836. The van der Waals surface area contributed by atoms with Crippen LogP contribution < -0.4 is 0 Å². The zero-order chi connectivity index (χ0) is 16.2. The van der Waals surface area contributed by atoms with E-state index in [0.717, 1.165) is 0 Å². The molecule has 1 aromatic rings. The molecule has 116 valence electrons. The van der Waals surface area contributed by atoms with Gasteiger partial charge in [-0.2, -0.15) is 13.2 Å². The molecule has 0 aromatic heterocycles. The molecule has 21 heavy (non-hydrogen) atoms. The Labute approximate surface area is 127 Å². The van der Waals surface area contributed by atoms with Gasteiger partial charge in [-0.15, -0.1) is 11.8 Å². The van der Waals surface area contributed by atoms with E-state index < -0.39 is 31.1 Å². The molecule has 0 saturated carbocycles. The fraction of sp³-hybridized carbons (Fsp3) is 0.333. The Hall–Kier alpha value is -1.41. The van der Waals surface area contributed by atoms with E-state index in [9.17, 15) is 22.8 Å². The summed E-state index contributed by atoms with van der Waals surface area (Å²) in [6.07, 6.45) is -2.98. The smallest absolute Gasteiger partial charge is 0.406 e. The third-order valence-electron chi connectivity index (χ3n) is 2.39. The van der Waals surface area contributed by atoms with Gasteiger partial charge in [-0.25, -0.2) is 0 Å². The number of nitrogens with zero attached hydrogens (tertiary/aromatic N) is 1. The van der Waals surface area contributed by atoms with E-state index in [0.29, 0.717) is 4.90 Å². The van der Waals surface area contributed by atoms with Crippen molar-refractivity contribution < 1.29 is 27.9 Å². The van der Waals surface area contributed by atoms with Gasteiger partial charge in [0.1, 0.15) is 13.1 Å². The van der Waals surface area contributed by atoms with Crippen LogP contribution in [0.1, 0.15) is 10.4 Å². The number of thioether (sulfide) groups is 1. The van der Waals surface area contributed by atoms with Crippen molar-refractivity contribution in [2.24, 2.45) is 0 Å². The summed E-state index contributed by atoms with van der Waals surface area (Å²) in [6, 6.07) is 4.32. The van der Waals surface area contributed by atoms with Crippen LogP contribution in [-0.2, 0) is 4.79 Å². The Morgan fingerprint density at radius 1 is 1.38 bits per heavy atom. The predicted octanol–water partition coefficient (Wildman–Crippen LogP) is 3.15. The summed E-state index contributed by atoms with van der Waals surface area (Å²) in [5.74, 6) is -2.61. The highest BCUT2D eigenvalue weighted by Crippen LogP contribution is 2.25. The summed E-state index contributed by atoms with van der Waals surface area (Å²) in [5, 5.41) is 8.62. The molecule has 1 N–H and O–H groups in total. The van der Waals surface area contributed by atoms with Crippen LogP contribution in [0.2, 0.25) is 5.02 Å². The van der Waals surface area contributed by atoms with Crippen LogP contribution in [0.15, 0.2) is 23.1 Å². The molecule has 0 saturated heterocycles. The van der Waals surface area contributed by atoms with Gasteiger partial charge in [0, 0.05) is 4.90 Å². The SMILES string of the molecule is CSc1ccc(Cl)c(C(=O)N(CC(=O)O)CC(F)(F)F)c1. The first-order chi connectivity index (χ1) is 9.64. The Bertz CT molecular complexity index is 551. The third-order valence-corrected chi connectivity index (χ3v) is 3.44. The maximum Gasteiger partial charge on any atom is 0.406 e. The molecule has 1 rings (SSSR count). The molecule has 4 nitrogen and oxygen atoms in total. The van der Waals surface area contributed by atoms with E-state index in [1.807, 2.05) is 0 Å². The first-order valence-corrected chi connectivity index (χ1v) is 7.15. The molecular formula is C12H11ClF3NO3S. The number of hydrogen-bond donors (Lipinski definition) is 1. The highest BCUT2D eigenvalue weighted by molar-refractivity contribution is 7.98. The van der Waals surface area contributed by atoms with E-state index in [1.54, 1.807) is 12.3 Å². The van der Waals surface area contributed by atoms with Crippen molar-refractivity contribution in [3.8, 4) is 0 Å². The van der Waals surface area contributed by atoms with Crippen LogP contribution in [0, 0.1) is 0 Å². The molecule has 1 amide bonds. The van der Waals surface area contributed by atoms with Crippen LogP contribution in [0.4, 0.5) is 13.2 Å². The zero-order valence-corrected chi connectivity index (χ0v) is 12.3. The van der Waals surface area contributed by atoms with Crippen LogP contribution in [0.25, 0.3) is 0 Å². The first-order valence-electron chi connectivity index (χ1n) is 5.55. The molecule has 0 heterocycles. The lowest BCUT2D eigenvalue weighted by atomic mass is 10.2. The fourth-order valence-electron chi connectivity index (χ4n) is 1.54. The van der Waals surface area contributed by atoms with E-state index in [-0.39, 0.29) is 15.5 Å². The fourth-order valence-corrected chi connectivity index (χ4v) is 2.18. The molecule has 0 aliphatic heterocycles. The van der Waals surface area contributed by atoms with Crippen molar-refractivity contribution >= 4 is 35.2 Å².